The molecule has 0 fully saturated rings. The Morgan fingerprint density at radius 1 is 1.50 bits per heavy atom. The average molecular weight is 271 g/mol. The van der Waals surface area contributed by atoms with Crippen LogP contribution in [0.1, 0.15) is 27.7 Å². The van der Waals surface area contributed by atoms with Gasteiger partial charge in [0.1, 0.15) is 18.1 Å². The Bertz CT molecular complexity index is 668. The summed E-state index contributed by atoms with van der Waals surface area (Å²) < 4.78 is 5.26. The van der Waals surface area contributed by atoms with Crippen molar-refractivity contribution in [1.82, 2.24) is 15.3 Å². The molecule has 0 saturated heterocycles. The standard InChI is InChI=1S/C14H13N3O3/c1-10-8-16-12(20-10)9-17-14(19)13-11(5-3-7-18)4-2-6-15-13/h2,4,6,8,18H,7,9H2,1H3,(H,17,19). The molecule has 2 N–H and O–H groups in total. The van der Waals surface area contributed by atoms with Crippen molar-refractivity contribution in [2.24, 2.45) is 0 Å². The summed E-state index contributed by atoms with van der Waals surface area (Å²) in [6.07, 6.45) is 3.09. The third-order valence-electron chi connectivity index (χ3n) is 2.39. The molecule has 0 aliphatic carbocycles. The minimum absolute atomic E-state index is 0.177. The maximum absolute atomic E-state index is 12.0. The Kier molecular flexibility index (Phi) is 4.47. The van der Waals surface area contributed by atoms with Crippen molar-refractivity contribution in [2.75, 3.05) is 6.61 Å². The van der Waals surface area contributed by atoms with E-state index in [2.05, 4.69) is 27.1 Å². The molecular formula is C14H13N3O3. The number of aromatic nitrogens is 2. The van der Waals surface area contributed by atoms with E-state index < -0.39 is 0 Å². The van der Waals surface area contributed by atoms with E-state index in [1.807, 2.05) is 0 Å². The Morgan fingerprint density at radius 3 is 3.05 bits per heavy atom. The number of oxazole rings is 1. The molecule has 102 valence electrons. The summed E-state index contributed by atoms with van der Waals surface area (Å²) in [5, 5.41) is 11.4. The van der Waals surface area contributed by atoms with Crippen molar-refractivity contribution in [3.63, 3.8) is 0 Å². The summed E-state index contributed by atoms with van der Waals surface area (Å²) >= 11 is 0. The average Bonchev–Trinajstić information content (AvgIpc) is 2.88. The van der Waals surface area contributed by atoms with Crippen molar-refractivity contribution < 1.29 is 14.3 Å². The van der Waals surface area contributed by atoms with E-state index in [4.69, 9.17) is 9.52 Å². The van der Waals surface area contributed by atoms with Gasteiger partial charge in [0, 0.05) is 6.20 Å². The van der Waals surface area contributed by atoms with E-state index in [9.17, 15) is 4.79 Å². The highest BCUT2D eigenvalue weighted by molar-refractivity contribution is 5.94. The zero-order chi connectivity index (χ0) is 14.4. The fourth-order valence-corrected chi connectivity index (χ4v) is 1.54. The first-order valence-electron chi connectivity index (χ1n) is 5.95. The number of nitrogens with zero attached hydrogens (tertiary/aromatic N) is 2. The van der Waals surface area contributed by atoms with Crippen LogP contribution < -0.4 is 5.32 Å². The van der Waals surface area contributed by atoms with Crippen molar-refractivity contribution in [3.05, 3.63) is 47.4 Å². The number of amides is 1. The first-order chi connectivity index (χ1) is 9.70. The fraction of sp³-hybridized carbons (Fsp3) is 0.214. The van der Waals surface area contributed by atoms with Gasteiger partial charge in [-0.15, -0.1) is 0 Å². The molecule has 0 spiro atoms. The van der Waals surface area contributed by atoms with E-state index >= 15 is 0 Å². The maximum atomic E-state index is 12.0. The molecule has 2 rings (SSSR count). The molecular weight excluding hydrogens is 258 g/mol. The molecule has 6 heteroatoms. The van der Waals surface area contributed by atoms with Crippen molar-refractivity contribution in [1.29, 1.82) is 0 Å². The smallest absolute Gasteiger partial charge is 0.271 e. The summed E-state index contributed by atoms with van der Waals surface area (Å²) in [7, 11) is 0. The molecule has 6 nitrogen and oxygen atoms in total. The normalized spacial score (nSPS) is 9.70. The molecule has 0 unspecified atom stereocenters. The Hall–Kier alpha value is -2.65. The van der Waals surface area contributed by atoms with Crippen LogP contribution in [0.4, 0.5) is 0 Å². The molecule has 0 saturated carbocycles. The zero-order valence-electron chi connectivity index (χ0n) is 10.9. The van der Waals surface area contributed by atoms with Crippen LogP contribution in [0.3, 0.4) is 0 Å². The highest BCUT2D eigenvalue weighted by atomic mass is 16.4. The molecule has 2 aromatic rings. The van der Waals surface area contributed by atoms with Crippen molar-refractivity contribution >= 4 is 5.91 Å². The predicted octanol–water partition coefficient (Wildman–Crippen LogP) is 0.652. The number of hydrogen-bond donors (Lipinski definition) is 2. The van der Waals surface area contributed by atoms with Gasteiger partial charge in [-0.2, -0.15) is 0 Å². The molecule has 0 radical (unpaired) electrons. The maximum Gasteiger partial charge on any atom is 0.271 e. The van der Waals surface area contributed by atoms with Gasteiger partial charge >= 0.3 is 0 Å². The second-order valence-electron chi connectivity index (χ2n) is 3.91. The second-order valence-corrected chi connectivity index (χ2v) is 3.91. The number of hydrogen-bond acceptors (Lipinski definition) is 5. The number of carbonyl (C=O) groups is 1. The lowest BCUT2D eigenvalue weighted by Gasteiger charge is -2.03. The van der Waals surface area contributed by atoms with Crippen molar-refractivity contribution in [2.45, 2.75) is 13.5 Å². The highest BCUT2D eigenvalue weighted by Gasteiger charge is 2.12. The van der Waals surface area contributed by atoms with E-state index in [0.29, 0.717) is 17.2 Å². The Labute approximate surface area is 115 Å². The molecule has 20 heavy (non-hydrogen) atoms. The van der Waals surface area contributed by atoms with Gasteiger partial charge in [0.05, 0.1) is 18.3 Å². The van der Waals surface area contributed by atoms with Crippen LogP contribution in [0, 0.1) is 18.8 Å². The van der Waals surface area contributed by atoms with E-state index in [1.165, 1.54) is 6.20 Å². The summed E-state index contributed by atoms with van der Waals surface area (Å²) in [5.74, 6) is 5.91. The monoisotopic (exact) mass is 271 g/mol. The van der Waals surface area contributed by atoms with Gasteiger partial charge in [-0.25, -0.2) is 9.97 Å². The summed E-state index contributed by atoms with van der Waals surface area (Å²) in [4.78, 5) is 20.0. The van der Waals surface area contributed by atoms with Gasteiger partial charge in [0.15, 0.2) is 0 Å². The van der Waals surface area contributed by atoms with Gasteiger partial charge in [0.25, 0.3) is 5.91 Å². The van der Waals surface area contributed by atoms with Crippen LogP contribution >= 0.6 is 0 Å². The molecule has 0 aromatic carbocycles. The van der Waals surface area contributed by atoms with Gasteiger partial charge in [0.2, 0.25) is 5.89 Å². The lowest BCUT2D eigenvalue weighted by Crippen LogP contribution is -2.24. The molecule has 0 atom stereocenters. The fourth-order valence-electron chi connectivity index (χ4n) is 1.54. The number of aliphatic hydroxyl groups excluding tert-OH is 1. The van der Waals surface area contributed by atoms with Crippen LogP contribution in [0.15, 0.2) is 28.9 Å². The molecule has 0 aliphatic rings. The quantitative estimate of drug-likeness (QED) is 0.800. The minimum atomic E-state index is -0.372. The van der Waals surface area contributed by atoms with Gasteiger partial charge in [-0.1, -0.05) is 11.8 Å². The van der Waals surface area contributed by atoms with Crippen LogP contribution in [0.2, 0.25) is 0 Å². The van der Waals surface area contributed by atoms with Gasteiger partial charge < -0.3 is 14.8 Å². The first kappa shape index (κ1) is 13.8. The molecule has 0 aliphatic heterocycles. The highest BCUT2D eigenvalue weighted by Crippen LogP contribution is 2.05. The van der Waals surface area contributed by atoms with Crippen LogP contribution in [-0.4, -0.2) is 27.6 Å². The van der Waals surface area contributed by atoms with Gasteiger partial charge in [-0.3, -0.25) is 4.79 Å². The Morgan fingerprint density at radius 2 is 2.35 bits per heavy atom. The first-order valence-corrected chi connectivity index (χ1v) is 5.95. The van der Waals surface area contributed by atoms with Crippen LogP contribution in [0.5, 0.6) is 0 Å². The lowest BCUT2D eigenvalue weighted by molar-refractivity contribution is 0.0942. The third kappa shape index (κ3) is 3.43. The van der Waals surface area contributed by atoms with Crippen LogP contribution in [-0.2, 0) is 6.54 Å². The Balaban J connectivity index is 2.09. The number of rotatable bonds is 3. The molecule has 0 bridgehead atoms. The van der Waals surface area contributed by atoms with Gasteiger partial charge in [-0.05, 0) is 19.1 Å². The van der Waals surface area contributed by atoms with E-state index in [1.54, 1.807) is 25.3 Å². The number of pyridine rings is 1. The number of aryl methyl sites for hydroxylation is 1. The molecule has 2 heterocycles. The molecule has 2 aromatic heterocycles. The SMILES string of the molecule is Cc1cnc(CNC(=O)c2ncccc2C#CCO)o1. The van der Waals surface area contributed by atoms with E-state index in [-0.39, 0.29) is 24.8 Å². The minimum Gasteiger partial charge on any atom is -0.444 e. The van der Waals surface area contributed by atoms with E-state index in [0.717, 1.165) is 0 Å². The summed E-state index contributed by atoms with van der Waals surface area (Å²) in [6, 6.07) is 3.34. The zero-order valence-corrected chi connectivity index (χ0v) is 10.9. The predicted molar refractivity (Wildman–Crippen MR) is 70.6 cm³/mol. The topological polar surface area (TPSA) is 88.2 Å². The van der Waals surface area contributed by atoms with Crippen LogP contribution in [0.25, 0.3) is 0 Å². The summed E-state index contributed by atoms with van der Waals surface area (Å²) in [5.41, 5.74) is 0.666. The lowest BCUT2D eigenvalue weighted by atomic mass is 10.2. The second kappa shape index (κ2) is 6.50. The summed E-state index contributed by atoms with van der Waals surface area (Å²) in [6.45, 7) is 1.68. The number of nitrogens with one attached hydrogen (secondary N) is 1. The number of carbonyl (C=O) groups excluding carboxylic acids is 1. The molecule has 1 amide bonds. The van der Waals surface area contributed by atoms with Crippen molar-refractivity contribution in [3.8, 4) is 11.8 Å². The number of aliphatic hydroxyl groups is 1. The third-order valence-corrected chi connectivity index (χ3v) is 2.39. The largest absolute Gasteiger partial charge is 0.444 e.